The first-order valence-corrected chi connectivity index (χ1v) is 11.0. The van der Waals surface area contributed by atoms with Crippen LogP contribution in [0.5, 0.6) is 0 Å². The molecule has 1 atom stereocenters. The molecule has 25 heavy (non-hydrogen) atoms. The summed E-state index contributed by atoms with van der Waals surface area (Å²) in [6.07, 6.45) is 3.18. The van der Waals surface area contributed by atoms with Crippen LogP contribution in [0.2, 0.25) is 0 Å². The molecule has 7 nitrogen and oxygen atoms in total. The third kappa shape index (κ3) is 2.92. The number of nitrogens with zero attached hydrogens (tertiary/aromatic N) is 5. The summed E-state index contributed by atoms with van der Waals surface area (Å²) in [6, 6.07) is 3.25. The SMILES string of the molecule is Cc1nc(-c2ccc(S(=O)(=O)N3CCCC3c3nncn3C)s2)cs1. The van der Waals surface area contributed by atoms with Gasteiger partial charge in [-0.1, -0.05) is 0 Å². The summed E-state index contributed by atoms with van der Waals surface area (Å²) in [7, 11) is -1.73. The van der Waals surface area contributed by atoms with Crippen LogP contribution in [0.15, 0.2) is 28.0 Å². The minimum absolute atomic E-state index is 0.260. The Hall–Kier alpha value is -1.62. The topological polar surface area (TPSA) is 81.0 Å². The van der Waals surface area contributed by atoms with Crippen molar-refractivity contribution in [1.29, 1.82) is 0 Å². The van der Waals surface area contributed by atoms with E-state index >= 15 is 0 Å². The predicted octanol–water partition coefficient (Wildman–Crippen LogP) is 2.83. The summed E-state index contributed by atoms with van der Waals surface area (Å²) in [5.41, 5.74) is 0.834. The molecule has 0 aliphatic carbocycles. The van der Waals surface area contributed by atoms with Gasteiger partial charge >= 0.3 is 0 Å². The zero-order chi connectivity index (χ0) is 17.6. The molecule has 0 saturated carbocycles. The lowest BCUT2D eigenvalue weighted by Gasteiger charge is -2.22. The van der Waals surface area contributed by atoms with E-state index in [0.717, 1.165) is 28.4 Å². The Morgan fingerprint density at radius 3 is 2.84 bits per heavy atom. The lowest BCUT2D eigenvalue weighted by Crippen LogP contribution is -2.31. The Balaban J connectivity index is 1.67. The molecule has 0 aromatic carbocycles. The van der Waals surface area contributed by atoms with Gasteiger partial charge in [0.15, 0.2) is 5.82 Å². The van der Waals surface area contributed by atoms with Crippen molar-refractivity contribution in [1.82, 2.24) is 24.1 Å². The Morgan fingerprint density at radius 1 is 1.32 bits per heavy atom. The van der Waals surface area contributed by atoms with Crippen LogP contribution >= 0.6 is 22.7 Å². The van der Waals surface area contributed by atoms with E-state index in [9.17, 15) is 8.42 Å². The zero-order valence-corrected chi connectivity index (χ0v) is 16.2. The summed E-state index contributed by atoms with van der Waals surface area (Å²) in [4.78, 5) is 5.31. The molecule has 1 unspecified atom stereocenters. The molecule has 0 radical (unpaired) electrons. The average Bonchev–Trinajstić information content (AvgIpc) is 3.33. The summed E-state index contributed by atoms with van der Waals surface area (Å²) in [6.45, 7) is 2.44. The summed E-state index contributed by atoms with van der Waals surface area (Å²) >= 11 is 2.83. The van der Waals surface area contributed by atoms with Crippen molar-refractivity contribution in [3.8, 4) is 10.6 Å². The number of hydrogen-bond acceptors (Lipinski definition) is 7. The maximum Gasteiger partial charge on any atom is 0.253 e. The van der Waals surface area contributed by atoms with Crippen molar-refractivity contribution in [2.24, 2.45) is 7.05 Å². The monoisotopic (exact) mass is 395 g/mol. The van der Waals surface area contributed by atoms with Crippen LogP contribution < -0.4 is 0 Å². The maximum atomic E-state index is 13.2. The van der Waals surface area contributed by atoms with Crippen LogP contribution in [0.4, 0.5) is 0 Å². The number of hydrogen-bond donors (Lipinski definition) is 0. The Labute approximate surface area is 154 Å². The van der Waals surface area contributed by atoms with E-state index < -0.39 is 10.0 Å². The van der Waals surface area contributed by atoms with E-state index in [1.807, 2.05) is 25.4 Å². The van der Waals surface area contributed by atoms with Crippen LogP contribution in [-0.2, 0) is 17.1 Å². The van der Waals surface area contributed by atoms with Crippen LogP contribution in [0.1, 0.15) is 29.7 Å². The van der Waals surface area contributed by atoms with E-state index in [2.05, 4.69) is 15.2 Å². The highest BCUT2D eigenvalue weighted by atomic mass is 32.2. The lowest BCUT2D eigenvalue weighted by molar-refractivity contribution is 0.377. The van der Waals surface area contributed by atoms with E-state index in [4.69, 9.17) is 0 Å². The molecule has 0 amide bonds. The van der Waals surface area contributed by atoms with Crippen molar-refractivity contribution in [2.75, 3.05) is 6.54 Å². The summed E-state index contributed by atoms with van der Waals surface area (Å²) < 4.78 is 30.0. The Morgan fingerprint density at radius 2 is 2.16 bits per heavy atom. The maximum absolute atomic E-state index is 13.2. The summed E-state index contributed by atoms with van der Waals surface area (Å²) in [5, 5.41) is 10.9. The summed E-state index contributed by atoms with van der Waals surface area (Å²) in [5.74, 6) is 0.688. The molecule has 10 heteroatoms. The van der Waals surface area contributed by atoms with Crippen molar-refractivity contribution in [3.05, 3.63) is 34.7 Å². The van der Waals surface area contributed by atoms with Crippen LogP contribution in [-0.4, -0.2) is 39.0 Å². The molecule has 132 valence electrons. The smallest absolute Gasteiger partial charge is 0.253 e. The average molecular weight is 396 g/mol. The Kier molecular flexibility index (Phi) is 4.22. The standard InChI is InChI=1S/C15H17N5O2S3/c1-10-17-11(8-23-10)13-5-6-14(24-13)25(21,22)20-7-3-4-12(20)15-18-16-9-19(15)2/h5-6,8-9,12H,3-4,7H2,1-2H3. The fraction of sp³-hybridized carbons (Fsp3) is 0.400. The van der Waals surface area contributed by atoms with Gasteiger partial charge in [-0.05, 0) is 31.9 Å². The van der Waals surface area contributed by atoms with Crippen molar-refractivity contribution >= 4 is 32.7 Å². The normalized spacial score (nSPS) is 18.9. The van der Waals surface area contributed by atoms with Crippen molar-refractivity contribution < 1.29 is 8.42 Å². The second-order valence-electron chi connectivity index (χ2n) is 5.94. The number of aromatic nitrogens is 4. The van der Waals surface area contributed by atoms with Crippen molar-refractivity contribution in [3.63, 3.8) is 0 Å². The number of sulfonamides is 1. The highest BCUT2D eigenvalue weighted by Crippen LogP contribution is 2.39. The number of aryl methyl sites for hydroxylation is 2. The predicted molar refractivity (Wildman–Crippen MR) is 97.0 cm³/mol. The molecule has 1 fully saturated rings. The highest BCUT2D eigenvalue weighted by Gasteiger charge is 2.39. The largest absolute Gasteiger partial charge is 0.319 e. The molecule has 0 bridgehead atoms. The first-order chi connectivity index (χ1) is 12.0. The van der Waals surface area contributed by atoms with Gasteiger partial charge in [-0.25, -0.2) is 13.4 Å². The van der Waals surface area contributed by atoms with Gasteiger partial charge in [0.25, 0.3) is 10.0 Å². The van der Waals surface area contributed by atoms with Gasteiger partial charge in [0.1, 0.15) is 10.5 Å². The van der Waals surface area contributed by atoms with E-state index in [0.29, 0.717) is 16.6 Å². The van der Waals surface area contributed by atoms with Crippen LogP contribution in [0, 0.1) is 6.92 Å². The minimum Gasteiger partial charge on any atom is -0.319 e. The zero-order valence-electron chi connectivity index (χ0n) is 13.8. The van der Waals surface area contributed by atoms with Gasteiger partial charge in [0.2, 0.25) is 0 Å². The van der Waals surface area contributed by atoms with E-state index in [1.165, 1.54) is 11.3 Å². The van der Waals surface area contributed by atoms with Gasteiger partial charge in [-0.15, -0.1) is 32.9 Å². The van der Waals surface area contributed by atoms with Gasteiger partial charge in [-0.3, -0.25) is 0 Å². The third-order valence-corrected chi connectivity index (χ3v) is 8.52. The molecule has 4 rings (SSSR count). The number of thiazole rings is 1. The van der Waals surface area contributed by atoms with Gasteiger partial charge in [0, 0.05) is 19.0 Å². The quantitative estimate of drug-likeness (QED) is 0.678. The number of thiophene rings is 1. The third-order valence-electron chi connectivity index (χ3n) is 4.26. The molecule has 0 N–H and O–H groups in total. The van der Waals surface area contributed by atoms with Gasteiger partial charge < -0.3 is 4.57 Å². The first-order valence-electron chi connectivity index (χ1n) is 7.85. The van der Waals surface area contributed by atoms with Crippen molar-refractivity contribution in [2.45, 2.75) is 30.0 Å². The molecule has 3 aromatic rings. The molecule has 1 aliphatic rings. The Bertz CT molecular complexity index is 1000. The van der Waals surface area contributed by atoms with Gasteiger partial charge in [0.05, 0.1) is 21.6 Å². The van der Waals surface area contributed by atoms with Crippen LogP contribution in [0.25, 0.3) is 10.6 Å². The molecular weight excluding hydrogens is 378 g/mol. The first kappa shape index (κ1) is 16.8. The van der Waals surface area contributed by atoms with Crippen LogP contribution in [0.3, 0.4) is 0 Å². The minimum atomic E-state index is -3.56. The highest BCUT2D eigenvalue weighted by molar-refractivity contribution is 7.91. The van der Waals surface area contributed by atoms with Gasteiger partial charge in [-0.2, -0.15) is 4.31 Å². The second kappa shape index (κ2) is 6.27. The molecule has 1 saturated heterocycles. The molecular formula is C15H17N5O2S3. The molecule has 4 heterocycles. The fourth-order valence-corrected chi connectivity index (χ4v) is 6.81. The molecule has 3 aromatic heterocycles. The fourth-order valence-electron chi connectivity index (χ4n) is 3.07. The molecule has 0 spiro atoms. The molecule has 1 aliphatic heterocycles. The second-order valence-corrected chi connectivity index (χ2v) is 10.2. The lowest BCUT2D eigenvalue weighted by atomic mass is 10.2. The van der Waals surface area contributed by atoms with E-state index in [1.54, 1.807) is 32.6 Å². The van der Waals surface area contributed by atoms with E-state index in [-0.39, 0.29) is 6.04 Å². The number of rotatable bonds is 4.